The number of nitrogens with one attached hydrogen (secondary N) is 3. The predicted molar refractivity (Wildman–Crippen MR) is 159 cm³/mol. The van der Waals surface area contributed by atoms with Gasteiger partial charge in [-0.15, -0.1) is 0 Å². The first kappa shape index (κ1) is 33.2. The Morgan fingerprint density at radius 1 is 1.00 bits per heavy atom. The number of nitrogens with zero attached hydrogens (tertiary/aromatic N) is 2. The number of morpholine rings is 1. The van der Waals surface area contributed by atoms with Gasteiger partial charge in [0.2, 0.25) is 11.8 Å². The smallest absolute Gasteiger partial charge is 0.274 e. The van der Waals surface area contributed by atoms with Gasteiger partial charge in [0.1, 0.15) is 17.7 Å². The number of aromatic nitrogens is 1. The molecule has 0 saturated carbocycles. The van der Waals surface area contributed by atoms with Gasteiger partial charge in [-0.1, -0.05) is 49.3 Å². The number of ether oxygens (including phenoxy) is 3. The van der Waals surface area contributed by atoms with Gasteiger partial charge in [-0.05, 0) is 24.8 Å². The minimum Gasteiger partial charge on any atom is -0.382 e. The first-order chi connectivity index (χ1) is 21.1. The van der Waals surface area contributed by atoms with Crippen molar-refractivity contribution in [3.63, 3.8) is 0 Å². The number of Topliss-reactive ketones (excluding diaryl/α,β-unsaturated/α-hetero) is 1. The summed E-state index contributed by atoms with van der Waals surface area (Å²) in [6.07, 6.45) is 0.583. The first-order valence-electron chi connectivity index (χ1n) is 15.0. The fraction of sp³-hybridized carbons (Fsp3) is 0.581. The Labute approximate surface area is 257 Å². The zero-order chi connectivity index (χ0) is 31.7. The molecule has 1 aromatic carbocycles. The van der Waals surface area contributed by atoms with Crippen LogP contribution in [0, 0.1) is 5.92 Å². The van der Waals surface area contributed by atoms with Gasteiger partial charge in [-0.25, -0.2) is 0 Å². The van der Waals surface area contributed by atoms with E-state index in [2.05, 4.69) is 26.0 Å². The van der Waals surface area contributed by atoms with E-state index in [1.807, 2.05) is 44.2 Å². The molecule has 0 unspecified atom stereocenters. The normalized spacial score (nSPS) is 20.4. The molecule has 4 rings (SSSR count). The number of rotatable bonds is 16. The Kier molecular flexibility index (Phi) is 11.6. The van der Waals surface area contributed by atoms with Gasteiger partial charge < -0.3 is 34.7 Å². The molecule has 13 heteroatoms. The number of ketones is 1. The lowest BCUT2D eigenvalue weighted by Gasteiger charge is -2.26. The summed E-state index contributed by atoms with van der Waals surface area (Å²) in [6, 6.07) is 7.79. The average Bonchev–Trinajstić information content (AvgIpc) is 3.59. The Morgan fingerprint density at radius 2 is 1.66 bits per heavy atom. The molecule has 13 nitrogen and oxygen atoms in total. The van der Waals surface area contributed by atoms with E-state index in [9.17, 15) is 19.2 Å². The van der Waals surface area contributed by atoms with Crippen LogP contribution in [0.25, 0.3) is 0 Å². The quantitative estimate of drug-likeness (QED) is 0.231. The lowest BCUT2D eigenvalue weighted by Crippen LogP contribution is -2.58. The summed E-state index contributed by atoms with van der Waals surface area (Å²) in [7, 11) is 1.40. The number of hydrogen-bond donors (Lipinski definition) is 3. The largest absolute Gasteiger partial charge is 0.382 e. The van der Waals surface area contributed by atoms with Gasteiger partial charge in [0.15, 0.2) is 17.2 Å². The number of methoxy groups -OCH3 is 1. The molecule has 240 valence electrons. The first-order valence-corrected chi connectivity index (χ1v) is 15.0. The summed E-state index contributed by atoms with van der Waals surface area (Å²) in [4.78, 5) is 55.5. The number of carbonyl (C=O) groups is 4. The van der Waals surface area contributed by atoms with Crippen molar-refractivity contribution in [3.05, 3.63) is 53.4 Å². The van der Waals surface area contributed by atoms with Crippen molar-refractivity contribution in [2.75, 3.05) is 46.6 Å². The Balaban J connectivity index is 1.45. The van der Waals surface area contributed by atoms with Crippen LogP contribution in [0.4, 0.5) is 0 Å². The molecule has 0 aliphatic carbocycles. The fourth-order valence-corrected chi connectivity index (χ4v) is 4.98. The van der Waals surface area contributed by atoms with Crippen molar-refractivity contribution in [2.45, 2.75) is 63.9 Å². The molecule has 44 heavy (non-hydrogen) atoms. The number of carbonyl (C=O) groups excluding carboxylic acids is 4. The van der Waals surface area contributed by atoms with Crippen LogP contribution in [-0.4, -0.2) is 104 Å². The summed E-state index contributed by atoms with van der Waals surface area (Å²) in [5.74, 6) is -1.32. The third-order valence-corrected chi connectivity index (χ3v) is 7.58. The van der Waals surface area contributed by atoms with E-state index in [0.29, 0.717) is 38.5 Å². The van der Waals surface area contributed by atoms with E-state index in [4.69, 9.17) is 18.7 Å². The molecular weight excluding hydrogens is 570 g/mol. The SMILES string of the molecule is COC[C@H](NC(=O)c1cc(CN2CCOCC2)on1)C(=O)N[C@@H](Cc1ccccc1)C(=O)N[C@@H](CC(C)C)C(=O)[C@@]1(C)CO1. The molecule has 3 N–H and O–H groups in total. The highest BCUT2D eigenvalue weighted by molar-refractivity contribution is 5.99. The van der Waals surface area contributed by atoms with Crippen LogP contribution in [0.5, 0.6) is 0 Å². The molecule has 0 bridgehead atoms. The standard InChI is InChI=1S/C31H43N5O8/c1-20(2)14-23(27(37)31(3)19-43-31)32-28(38)24(15-21-8-6-5-7-9-21)33-30(40)26(18-41-4)34-29(39)25-16-22(44-35-25)17-36-10-12-42-13-11-36/h5-9,16,20,23-24,26H,10-15,17-19H2,1-4H3,(H,32,38)(H,33,40)(H,34,39)/t23-,24-,26-,31+/m0/s1. The molecule has 1 aromatic heterocycles. The van der Waals surface area contributed by atoms with Gasteiger partial charge in [0.25, 0.3) is 5.91 Å². The monoisotopic (exact) mass is 613 g/mol. The molecule has 2 fully saturated rings. The molecule has 2 aliphatic heterocycles. The predicted octanol–water partition coefficient (Wildman–Crippen LogP) is 0.868. The molecular formula is C31H43N5O8. The zero-order valence-corrected chi connectivity index (χ0v) is 25.8. The summed E-state index contributed by atoms with van der Waals surface area (Å²) in [5.41, 5.74) is -0.0892. The van der Waals surface area contributed by atoms with Gasteiger partial charge in [0, 0.05) is 32.7 Å². The van der Waals surface area contributed by atoms with Gasteiger partial charge in [-0.3, -0.25) is 24.1 Å². The van der Waals surface area contributed by atoms with E-state index in [1.54, 1.807) is 6.92 Å². The number of hydrogen-bond acceptors (Lipinski definition) is 10. The van der Waals surface area contributed by atoms with Crippen LogP contribution in [-0.2, 0) is 41.6 Å². The Morgan fingerprint density at radius 3 is 2.30 bits per heavy atom. The summed E-state index contributed by atoms with van der Waals surface area (Å²) in [5, 5.41) is 12.1. The summed E-state index contributed by atoms with van der Waals surface area (Å²) < 4.78 is 21.3. The highest BCUT2D eigenvalue weighted by Crippen LogP contribution is 2.29. The van der Waals surface area contributed by atoms with Crippen molar-refractivity contribution in [1.29, 1.82) is 0 Å². The highest BCUT2D eigenvalue weighted by Gasteiger charge is 2.50. The van der Waals surface area contributed by atoms with E-state index in [-0.39, 0.29) is 30.4 Å². The maximum atomic E-state index is 13.6. The lowest BCUT2D eigenvalue weighted by molar-refractivity contribution is -0.133. The minimum atomic E-state index is -1.13. The van der Waals surface area contributed by atoms with Crippen LogP contribution >= 0.6 is 0 Å². The molecule has 4 atom stereocenters. The maximum Gasteiger partial charge on any atom is 0.274 e. The van der Waals surface area contributed by atoms with Crippen LogP contribution < -0.4 is 16.0 Å². The summed E-state index contributed by atoms with van der Waals surface area (Å²) >= 11 is 0. The van der Waals surface area contributed by atoms with Crippen molar-refractivity contribution >= 4 is 23.5 Å². The second-order valence-electron chi connectivity index (χ2n) is 11.9. The van der Waals surface area contributed by atoms with Crippen molar-refractivity contribution in [1.82, 2.24) is 26.0 Å². The van der Waals surface area contributed by atoms with Gasteiger partial charge in [0.05, 0.1) is 39.0 Å². The number of amides is 3. The van der Waals surface area contributed by atoms with E-state index in [0.717, 1.165) is 18.7 Å². The Bertz CT molecular complexity index is 1270. The molecule has 2 aliphatic rings. The van der Waals surface area contributed by atoms with Crippen LogP contribution in [0.3, 0.4) is 0 Å². The second kappa shape index (κ2) is 15.4. The molecule has 2 saturated heterocycles. The summed E-state index contributed by atoms with van der Waals surface area (Å²) in [6.45, 7) is 9.00. The lowest BCUT2D eigenvalue weighted by atomic mass is 9.93. The molecule has 2 aromatic rings. The highest BCUT2D eigenvalue weighted by atomic mass is 16.6. The zero-order valence-electron chi connectivity index (χ0n) is 25.8. The van der Waals surface area contributed by atoms with Crippen molar-refractivity contribution in [3.8, 4) is 0 Å². The molecule has 0 spiro atoms. The van der Waals surface area contributed by atoms with E-state index < -0.39 is 41.4 Å². The third kappa shape index (κ3) is 9.42. The van der Waals surface area contributed by atoms with Crippen molar-refractivity contribution in [2.24, 2.45) is 5.92 Å². The van der Waals surface area contributed by atoms with Crippen LogP contribution in [0.15, 0.2) is 40.9 Å². The molecule has 0 radical (unpaired) electrons. The van der Waals surface area contributed by atoms with Crippen LogP contribution in [0.2, 0.25) is 0 Å². The number of benzene rings is 1. The second-order valence-corrected chi connectivity index (χ2v) is 11.9. The van der Waals surface area contributed by atoms with Gasteiger partial charge >= 0.3 is 0 Å². The maximum absolute atomic E-state index is 13.6. The Hall–Kier alpha value is -3.65. The third-order valence-electron chi connectivity index (χ3n) is 7.58. The number of epoxide rings is 1. The average molecular weight is 614 g/mol. The molecule has 3 amide bonds. The van der Waals surface area contributed by atoms with Crippen molar-refractivity contribution < 1.29 is 37.9 Å². The topological polar surface area (TPSA) is 165 Å². The van der Waals surface area contributed by atoms with E-state index >= 15 is 0 Å². The van der Waals surface area contributed by atoms with Crippen LogP contribution in [0.1, 0.15) is 49.0 Å². The minimum absolute atomic E-state index is 0.0200. The molecule has 3 heterocycles. The van der Waals surface area contributed by atoms with E-state index in [1.165, 1.54) is 13.2 Å². The fourth-order valence-electron chi connectivity index (χ4n) is 4.98. The van der Waals surface area contributed by atoms with Gasteiger partial charge in [-0.2, -0.15) is 0 Å².